The molecule has 0 fully saturated rings. The molecular formula is C18H22N2O. The zero-order valence-electron chi connectivity index (χ0n) is 12.6. The highest BCUT2D eigenvalue weighted by molar-refractivity contribution is 5.88. The quantitative estimate of drug-likeness (QED) is 0.851. The van der Waals surface area contributed by atoms with E-state index in [0.717, 1.165) is 18.8 Å². The summed E-state index contributed by atoms with van der Waals surface area (Å²) in [5, 5.41) is 6.24. The van der Waals surface area contributed by atoms with Crippen molar-refractivity contribution in [3.05, 3.63) is 65.7 Å². The van der Waals surface area contributed by atoms with Gasteiger partial charge in [0.25, 0.3) is 0 Å². The predicted octanol–water partition coefficient (Wildman–Crippen LogP) is 3.54. The Morgan fingerprint density at radius 2 is 1.71 bits per heavy atom. The van der Waals surface area contributed by atoms with E-state index in [9.17, 15) is 4.79 Å². The fourth-order valence-electron chi connectivity index (χ4n) is 2.24. The number of benzene rings is 2. The number of carbonyl (C=O) groups excluding carboxylic acids is 1. The van der Waals surface area contributed by atoms with Crippen LogP contribution in [0.2, 0.25) is 0 Å². The maximum Gasteiger partial charge on any atom is 0.221 e. The molecule has 21 heavy (non-hydrogen) atoms. The number of anilines is 1. The molecule has 0 saturated carbocycles. The summed E-state index contributed by atoms with van der Waals surface area (Å²) in [5.41, 5.74) is 3.40. The lowest BCUT2D eigenvalue weighted by Gasteiger charge is -2.13. The normalized spacial score (nSPS) is 11.9. The lowest BCUT2D eigenvalue weighted by atomic mass is 10.0. The van der Waals surface area contributed by atoms with Crippen LogP contribution in [-0.4, -0.2) is 12.5 Å². The molecule has 1 amide bonds. The van der Waals surface area contributed by atoms with Gasteiger partial charge in [-0.3, -0.25) is 4.79 Å². The molecule has 2 rings (SSSR count). The molecule has 2 aromatic rings. The highest BCUT2D eigenvalue weighted by Crippen LogP contribution is 2.14. The average Bonchev–Trinajstić information content (AvgIpc) is 2.49. The first-order valence-corrected chi connectivity index (χ1v) is 7.27. The van der Waals surface area contributed by atoms with Crippen LogP contribution in [0.25, 0.3) is 0 Å². The van der Waals surface area contributed by atoms with Crippen molar-refractivity contribution in [2.24, 2.45) is 0 Å². The first kappa shape index (κ1) is 15.3. The third-order valence-corrected chi connectivity index (χ3v) is 3.42. The smallest absolute Gasteiger partial charge is 0.221 e. The molecule has 0 heterocycles. The van der Waals surface area contributed by atoms with Gasteiger partial charge in [0.1, 0.15) is 0 Å². The van der Waals surface area contributed by atoms with Gasteiger partial charge in [0.15, 0.2) is 0 Å². The number of rotatable bonds is 6. The van der Waals surface area contributed by atoms with Crippen molar-refractivity contribution in [2.45, 2.75) is 26.3 Å². The molecule has 3 heteroatoms. The molecule has 0 spiro atoms. The fraction of sp³-hybridized carbons (Fsp3) is 0.278. The van der Waals surface area contributed by atoms with Crippen LogP contribution >= 0.6 is 0 Å². The second kappa shape index (κ2) is 7.60. The highest BCUT2D eigenvalue weighted by atomic mass is 16.1. The number of amides is 1. The summed E-state index contributed by atoms with van der Waals surface area (Å²) in [4.78, 5) is 11.0. The van der Waals surface area contributed by atoms with Crippen LogP contribution in [0.5, 0.6) is 0 Å². The van der Waals surface area contributed by atoms with Crippen LogP contribution < -0.4 is 10.6 Å². The molecule has 110 valence electrons. The summed E-state index contributed by atoms with van der Waals surface area (Å²) in [5.74, 6) is 0.447. The third-order valence-electron chi connectivity index (χ3n) is 3.42. The van der Waals surface area contributed by atoms with Gasteiger partial charge in [0.2, 0.25) is 5.91 Å². The highest BCUT2D eigenvalue weighted by Gasteiger charge is 2.04. The van der Waals surface area contributed by atoms with Crippen LogP contribution in [0.1, 0.15) is 30.9 Å². The van der Waals surface area contributed by atoms with Crippen molar-refractivity contribution in [2.75, 3.05) is 11.9 Å². The number of carbonyl (C=O) groups is 1. The Hall–Kier alpha value is -2.13. The molecule has 2 aromatic carbocycles. The van der Waals surface area contributed by atoms with E-state index in [1.165, 1.54) is 18.1 Å². The zero-order chi connectivity index (χ0) is 15.1. The summed E-state index contributed by atoms with van der Waals surface area (Å²) in [7, 11) is 0. The number of hydrogen-bond acceptors (Lipinski definition) is 2. The van der Waals surface area contributed by atoms with Crippen LogP contribution in [0.3, 0.4) is 0 Å². The van der Waals surface area contributed by atoms with Gasteiger partial charge in [-0.15, -0.1) is 0 Å². The van der Waals surface area contributed by atoms with Crippen molar-refractivity contribution in [3.8, 4) is 0 Å². The summed E-state index contributed by atoms with van der Waals surface area (Å²) in [6.45, 7) is 5.51. The molecule has 0 aliphatic heterocycles. The lowest BCUT2D eigenvalue weighted by molar-refractivity contribution is -0.114. The Labute approximate surface area is 126 Å². The van der Waals surface area contributed by atoms with Crippen molar-refractivity contribution in [3.63, 3.8) is 0 Å². The maximum atomic E-state index is 11.0. The van der Waals surface area contributed by atoms with Gasteiger partial charge < -0.3 is 10.6 Å². The standard InChI is InChI=1S/C18H22N2O/c1-14(17-6-4-3-5-7-17)12-19-13-16-8-10-18(11-9-16)20-15(2)21/h3-11,14,19H,12-13H2,1-2H3,(H,20,21). The lowest BCUT2D eigenvalue weighted by Crippen LogP contribution is -2.19. The summed E-state index contributed by atoms with van der Waals surface area (Å²) in [6, 6.07) is 18.4. The van der Waals surface area contributed by atoms with E-state index < -0.39 is 0 Å². The van der Waals surface area contributed by atoms with Gasteiger partial charge in [-0.1, -0.05) is 49.4 Å². The molecule has 0 aliphatic carbocycles. The SMILES string of the molecule is CC(=O)Nc1ccc(CNCC(C)c2ccccc2)cc1. The maximum absolute atomic E-state index is 11.0. The minimum atomic E-state index is -0.0439. The number of nitrogens with one attached hydrogen (secondary N) is 2. The molecule has 0 bridgehead atoms. The fourth-order valence-corrected chi connectivity index (χ4v) is 2.24. The molecule has 2 N–H and O–H groups in total. The average molecular weight is 282 g/mol. The summed E-state index contributed by atoms with van der Waals surface area (Å²) in [6.07, 6.45) is 0. The van der Waals surface area contributed by atoms with E-state index in [1.807, 2.05) is 30.3 Å². The van der Waals surface area contributed by atoms with E-state index in [1.54, 1.807) is 0 Å². The predicted molar refractivity (Wildman–Crippen MR) is 87.3 cm³/mol. The second-order valence-corrected chi connectivity index (χ2v) is 5.32. The van der Waals surface area contributed by atoms with Crippen molar-refractivity contribution < 1.29 is 4.79 Å². The Bertz CT molecular complexity index is 564. The molecule has 1 atom stereocenters. The van der Waals surface area contributed by atoms with E-state index in [-0.39, 0.29) is 5.91 Å². The van der Waals surface area contributed by atoms with Gasteiger partial charge >= 0.3 is 0 Å². The molecule has 3 nitrogen and oxygen atoms in total. The van der Waals surface area contributed by atoms with Crippen LogP contribution in [0.15, 0.2) is 54.6 Å². The van der Waals surface area contributed by atoms with Crippen LogP contribution in [0.4, 0.5) is 5.69 Å². The van der Waals surface area contributed by atoms with Crippen molar-refractivity contribution in [1.29, 1.82) is 0 Å². The molecule has 0 aromatic heterocycles. The van der Waals surface area contributed by atoms with Gasteiger partial charge in [-0.2, -0.15) is 0 Å². The monoisotopic (exact) mass is 282 g/mol. The molecule has 0 aliphatic rings. The van der Waals surface area contributed by atoms with Crippen LogP contribution in [0, 0.1) is 0 Å². The van der Waals surface area contributed by atoms with E-state index in [2.05, 4.69) is 41.8 Å². The molecule has 0 radical (unpaired) electrons. The van der Waals surface area contributed by atoms with Gasteiger partial charge in [0, 0.05) is 25.7 Å². The summed E-state index contributed by atoms with van der Waals surface area (Å²) >= 11 is 0. The molecular weight excluding hydrogens is 260 g/mol. The van der Waals surface area contributed by atoms with Gasteiger partial charge in [-0.05, 0) is 29.2 Å². The minimum Gasteiger partial charge on any atom is -0.326 e. The third kappa shape index (κ3) is 5.04. The largest absolute Gasteiger partial charge is 0.326 e. The zero-order valence-corrected chi connectivity index (χ0v) is 12.6. The van der Waals surface area contributed by atoms with Gasteiger partial charge in [-0.25, -0.2) is 0 Å². The van der Waals surface area contributed by atoms with E-state index >= 15 is 0 Å². The van der Waals surface area contributed by atoms with Crippen LogP contribution in [-0.2, 0) is 11.3 Å². The van der Waals surface area contributed by atoms with Crippen molar-refractivity contribution >= 4 is 11.6 Å². The Morgan fingerprint density at radius 3 is 2.33 bits per heavy atom. The van der Waals surface area contributed by atoms with E-state index in [4.69, 9.17) is 0 Å². The second-order valence-electron chi connectivity index (χ2n) is 5.32. The first-order valence-electron chi connectivity index (χ1n) is 7.27. The molecule has 1 unspecified atom stereocenters. The first-order chi connectivity index (χ1) is 10.1. The topological polar surface area (TPSA) is 41.1 Å². The molecule has 0 saturated heterocycles. The van der Waals surface area contributed by atoms with Gasteiger partial charge in [0.05, 0.1) is 0 Å². The summed E-state index contributed by atoms with van der Waals surface area (Å²) < 4.78 is 0. The number of hydrogen-bond donors (Lipinski definition) is 2. The van der Waals surface area contributed by atoms with E-state index in [0.29, 0.717) is 5.92 Å². The van der Waals surface area contributed by atoms with Crippen molar-refractivity contribution in [1.82, 2.24) is 5.32 Å². The minimum absolute atomic E-state index is 0.0439. The Morgan fingerprint density at radius 1 is 1.05 bits per heavy atom. The Kier molecular flexibility index (Phi) is 5.52. The Balaban J connectivity index is 1.79.